The Kier molecular flexibility index (Phi) is 7.00. The van der Waals surface area contributed by atoms with Crippen molar-refractivity contribution in [2.75, 3.05) is 0 Å². The Labute approximate surface area is 277 Å². The molecule has 0 N–H and O–H groups in total. The largest absolute Gasteiger partial charge is 0.287 e. The maximum absolute atomic E-state index is 13.5. The molecule has 2 aromatic carbocycles. The molecular formula is C37H20N6O2S2. The predicted molar refractivity (Wildman–Crippen MR) is 181 cm³/mol. The Bertz CT molecular complexity index is 2220. The number of allylic oxidation sites excluding steroid dienone is 4. The molecular weight excluding hydrogens is 625 g/mol. The normalized spacial score (nSPS) is 16.6. The molecule has 47 heavy (non-hydrogen) atoms. The zero-order valence-electron chi connectivity index (χ0n) is 25.0. The Hall–Kier alpha value is -6.04. The highest BCUT2D eigenvalue weighted by Crippen LogP contribution is 2.61. The quantitative estimate of drug-likeness (QED) is 0.203. The second-order valence-corrected chi connectivity index (χ2v) is 13.1. The minimum Gasteiger partial charge on any atom is -0.287 e. The summed E-state index contributed by atoms with van der Waals surface area (Å²) in [5.41, 5.74) is 3.96. The lowest BCUT2D eigenvalue weighted by Crippen LogP contribution is -2.22. The number of carbonyl (C=O) groups is 2. The summed E-state index contributed by atoms with van der Waals surface area (Å²) >= 11 is 2.85. The molecule has 7 rings (SSSR count). The molecule has 3 aliphatic carbocycles. The molecule has 2 aromatic heterocycles. The number of nitriles is 4. The highest BCUT2D eigenvalue weighted by atomic mass is 32.1. The monoisotopic (exact) mass is 644 g/mol. The first kappa shape index (κ1) is 29.7. The standard InChI is InChI=1S/C37H20N6O2S2/c1-3-37(4-2)25-13-27(42-31-29(19(15-38)16-39)21-9-5-7-11-23(21)33(31)44)46-35(25)36-26(37)14-28(47-36)43-32-30(20(17-40)18-41)22-10-6-8-12-24(22)34(32)45/h5-14H,3-4H2,1-2H3. The van der Waals surface area contributed by atoms with E-state index in [4.69, 9.17) is 9.98 Å². The molecule has 0 saturated carbocycles. The number of rotatable bonds is 4. The van der Waals surface area contributed by atoms with Gasteiger partial charge in [-0.3, -0.25) is 9.59 Å². The van der Waals surface area contributed by atoms with Crippen LogP contribution in [-0.2, 0) is 5.41 Å². The van der Waals surface area contributed by atoms with Crippen molar-refractivity contribution >= 4 is 66.8 Å². The third-order valence-corrected chi connectivity index (χ3v) is 11.3. The molecule has 0 saturated heterocycles. The van der Waals surface area contributed by atoms with Gasteiger partial charge in [0, 0.05) is 27.7 Å². The average molecular weight is 645 g/mol. The van der Waals surface area contributed by atoms with Crippen LogP contribution in [0.4, 0.5) is 10.0 Å². The Morgan fingerprint density at radius 3 is 1.34 bits per heavy atom. The zero-order valence-corrected chi connectivity index (χ0v) is 26.6. The van der Waals surface area contributed by atoms with Crippen LogP contribution < -0.4 is 0 Å². The second-order valence-electron chi connectivity index (χ2n) is 11.1. The summed E-state index contributed by atoms with van der Waals surface area (Å²) in [6, 6.07) is 25.5. The molecule has 4 aromatic rings. The van der Waals surface area contributed by atoms with Crippen LogP contribution in [-0.4, -0.2) is 23.0 Å². The Balaban J connectivity index is 1.38. The van der Waals surface area contributed by atoms with E-state index in [-0.39, 0.29) is 50.7 Å². The lowest BCUT2D eigenvalue weighted by atomic mass is 9.75. The van der Waals surface area contributed by atoms with E-state index in [0.717, 1.165) is 33.7 Å². The van der Waals surface area contributed by atoms with Crippen LogP contribution in [0.25, 0.3) is 20.9 Å². The van der Waals surface area contributed by atoms with Gasteiger partial charge in [0.05, 0.1) is 9.75 Å². The summed E-state index contributed by atoms with van der Waals surface area (Å²) in [6.07, 6.45) is 1.54. The SMILES string of the molecule is CCC1(CC)c2cc(N=C3C(=O)c4ccccc4C3=C(C#N)C#N)sc2-c2sc(N=C3C(=O)c4ccccc4C3=C(C#N)C#N)cc21. The summed E-state index contributed by atoms with van der Waals surface area (Å²) in [4.78, 5) is 38.5. The van der Waals surface area contributed by atoms with Gasteiger partial charge in [0.25, 0.3) is 0 Å². The number of hydrogen-bond donors (Lipinski definition) is 0. The highest BCUT2D eigenvalue weighted by molar-refractivity contribution is 7.26. The van der Waals surface area contributed by atoms with Crippen molar-refractivity contribution in [2.24, 2.45) is 9.98 Å². The number of benzene rings is 2. The van der Waals surface area contributed by atoms with Gasteiger partial charge < -0.3 is 0 Å². The van der Waals surface area contributed by atoms with Crippen LogP contribution >= 0.6 is 22.7 Å². The van der Waals surface area contributed by atoms with Gasteiger partial charge in [0.15, 0.2) is 0 Å². The summed E-state index contributed by atoms with van der Waals surface area (Å²) in [5, 5.41) is 40.0. The van der Waals surface area contributed by atoms with E-state index in [1.807, 2.05) is 36.4 Å². The minimum atomic E-state index is -0.369. The third-order valence-electron chi connectivity index (χ3n) is 9.06. The van der Waals surface area contributed by atoms with Crippen LogP contribution in [0.2, 0.25) is 0 Å². The van der Waals surface area contributed by atoms with E-state index < -0.39 is 0 Å². The summed E-state index contributed by atoms with van der Waals surface area (Å²) < 4.78 is 0. The van der Waals surface area contributed by atoms with E-state index in [1.165, 1.54) is 22.7 Å². The summed E-state index contributed by atoms with van der Waals surface area (Å²) in [7, 11) is 0. The number of nitrogens with zero attached hydrogens (tertiary/aromatic N) is 6. The third kappa shape index (κ3) is 4.14. The van der Waals surface area contributed by atoms with E-state index in [0.29, 0.717) is 32.3 Å². The molecule has 10 heteroatoms. The van der Waals surface area contributed by atoms with E-state index in [2.05, 4.69) is 13.8 Å². The first-order chi connectivity index (χ1) is 22.8. The van der Waals surface area contributed by atoms with Crippen LogP contribution in [0.3, 0.4) is 0 Å². The molecule has 222 valence electrons. The van der Waals surface area contributed by atoms with E-state index in [9.17, 15) is 30.6 Å². The van der Waals surface area contributed by atoms with Gasteiger partial charge in [-0.05, 0) is 47.2 Å². The van der Waals surface area contributed by atoms with Crippen LogP contribution in [0.1, 0.15) is 69.7 Å². The molecule has 0 bridgehead atoms. The van der Waals surface area contributed by atoms with E-state index >= 15 is 0 Å². The van der Waals surface area contributed by atoms with Gasteiger partial charge in [-0.2, -0.15) is 21.0 Å². The van der Waals surface area contributed by atoms with Gasteiger partial charge in [-0.1, -0.05) is 62.4 Å². The smallest absolute Gasteiger partial charge is 0.212 e. The lowest BCUT2D eigenvalue weighted by Gasteiger charge is -2.27. The van der Waals surface area contributed by atoms with Crippen molar-refractivity contribution in [2.45, 2.75) is 32.1 Å². The number of Topliss-reactive ketones (excluding diaryl/α,β-unsaturated/α-hetero) is 2. The van der Waals surface area contributed by atoms with Crippen LogP contribution in [0.5, 0.6) is 0 Å². The van der Waals surface area contributed by atoms with E-state index in [1.54, 1.807) is 48.5 Å². The van der Waals surface area contributed by atoms with Gasteiger partial charge in [0.1, 0.15) is 56.8 Å². The molecule has 2 heterocycles. The van der Waals surface area contributed by atoms with Crippen molar-refractivity contribution in [3.8, 4) is 34.0 Å². The topological polar surface area (TPSA) is 154 Å². The van der Waals surface area contributed by atoms with Gasteiger partial charge in [-0.25, -0.2) is 9.98 Å². The fourth-order valence-corrected chi connectivity index (χ4v) is 9.25. The summed E-state index contributed by atoms with van der Waals surface area (Å²) in [6.45, 7) is 4.23. The lowest BCUT2D eigenvalue weighted by molar-refractivity contribution is 0.106. The molecule has 3 aliphatic rings. The molecule has 0 atom stereocenters. The fourth-order valence-electron chi connectivity index (χ4n) is 6.82. The van der Waals surface area contributed by atoms with Crippen LogP contribution in [0, 0.1) is 45.3 Å². The number of carbonyl (C=O) groups excluding carboxylic acids is 2. The maximum Gasteiger partial charge on any atom is 0.212 e. The summed E-state index contributed by atoms with van der Waals surface area (Å²) in [5.74, 6) is -0.668. The zero-order chi connectivity index (χ0) is 33.0. The molecule has 8 nitrogen and oxygen atoms in total. The number of ketones is 2. The Morgan fingerprint density at radius 1 is 0.638 bits per heavy atom. The molecule has 0 spiro atoms. The minimum absolute atomic E-state index is 0.0748. The maximum atomic E-state index is 13.5. The van der Waals surface area contributed by atoms with Crippen molar-refractivity contribution in [1.29, 1.82) is 21.0 Å². The molecule has 0 radical (unpaired) electrons. The molecule has 0 unspecified atom stereocenters. The molecule has 0 amide bonds. The second kappa shape index (κ2) is 11.1. The number of hydrogen-bond acceptors (Lipinski definition) is 10. The van der Waals surface area contributed by atoms with Gasteiger partial charge in [0.2, 0.25) is 11.6 Å². The van der Waals surface area contributed by atoms with Crippen molar-refractivity contribution in [3.05, 3.63) is 105 Å². The Morgan fingerprint density at radius 2 is 1.00 bits per heavy atom. The van der Waals surface area contributed by atoms with Crippen molar-refractivity contribution < 1.29 is 9.59 Å². The highest BCUT2D eigenvalue weighted by Gasteiger charge is 2.45. The fraction of sp³-hybridized carbons (Fsp3) is 0.135. The van der Waals surface area contributed by atoms with Gasteiger partial charge in [-0.15, -0.1) is 22.7 Å². The number of thiophene rings is 2. The first-order valence-corrected chi connectivity index (χ1v) is 16.3. The van der Waals surface area contributed by atoms with Gasteiger partial charge >= 0.3 is 0 Å². The number of aliphatic imine (C=N–C) groups is 2. The predicted octanol–water partition coefficient (Wildman–Crippen LogP) is 8.44. The first-order valence-electron chi connectivity index (χ1n) is 14.7. The average Bonchev–Trinajstić information content (AvgIpc) is 3.88. The molecule has 0 aliphatic heterocycles. The van der Waals surface area contributed by atoms with Crippen molar-refractivity contribution in [1.82, 2.24) is 0 Å². The van der Waals surface area contributed by atoms with Crippen LogP contribution in [0.15, 0.2) is 81.8 Å². The number of fused-ring (bicyclic) bond motifs is 5. The van der Waals surface area contributed by atoms with Crippen molar-refractivity contribution in [3.63, 3.8) is 0 Å². The molecule has 0 fully saturated rings.